The molecule has 0 amide bonds. The van der Waals surface area contributed by atoms with Crippen LogP contribution in [0.2, 0.25) is 0 Å². The molecule has 5 heterocycles. The number of nitrogens with zero attached hydrogens (tertiary/aromatic N) is 5. The second-order valence-corrected chi connectivity index (χ2v) is 24.4. The second kappa shape index (κ2) is 22.8. The minimum Gasteiger partial charge on any atom is -0.310 e. The van der Waals surface area contributed by atoms with Gasteiger partial charge in [0.1, 0.15) is 0 Å². The minimum atomic E-state index is -0.247. The SMILES string of the molecule is c1ccc(-c2ccc(-c3ccc4c(c3)N(c3c(-c5ccccc5)cccc3-c3ccccc3)c3cc(-n5c6ccccc6c6ccccc65)cc5c3B4c3ccc(-c4ccc(-c6ccccc6)nc4)cc3N5c3c(-c4ccccc4)cccc3-c3ccccc3)cn2)cc1. The number of fused-ring (bicyclic) bond motifs is 7. The average Bonchev–Trinajstić information content (AvgIpc) is 0.843. The summed E-state index contributed by atoms with van der Waals surface area (Å²) in [6, 6.07) is 124. The van der Waals surface area contributed by atoms with E-state index < -0.39 is 0 Å². The molecule has 6 heteroatoms. The zero-order valence-electron chi connectivity index (χ0n) is 51.3. The fourth-order valence-electron chi connectivity index (χ4n) is 14.8. The predicted octanol–water partition coefficient (Wildman–Crippen LogP) is 21.0. The highest BCUT2D eigenvalue weighted by Crippen LogP contribution is 2.54. The smallest absolute Gasteiger partial charge is 0.252 e. The fraction of sp³-hybridized carbons (Fsp3) is 0. The van der Waals surface area contributed by atoms with Gasteiger partial charge in [-0.25, -0.2) is 0 Å². The third kappa shape index (κ3) is 9.17. The molecule has 438 valence electrons. The minimum absolute atomic E-state index is 0.247. The van der Waals surface area contributed by atoms with Gasteiger partial charge in [0.05, 0.1) is 39.5 Å². The molecule has 2 aliphatic rings. The lowest BCUT2D eigenvalue weighted by atomic mass is 9.33. The maximum atomic E-state index is 5.15. The topological polar surface area (TPSA) is 37.2 Å². The number of rotatable bonds is 11. The largest absolute Gasteiger partial charge is 0.310 e. The number of aromatic nitrogens is 3. The fourth-order valence-corrected chi connectivity index (χ4v) is 14.8. The zero-order valence-corrected chi connectivity index (χ0v) is 51.3. The molecule has 0 bridgehead atoms. The highest BCUT2D eigenvalue weighted by atomic mass is 15.2. The molecule has 0 fully saturated rings. The molecule has 0 N–H and O–H groups in total. The molecule has 16 aromatic rings. The number of pyridine rings is 2. The van der Waals surface area contributed by atoms with Crippen LogP contribution in [0.1, 0.15) is 0 Å². The van der Waals surface area contributed by atoms with Gasteiger partial charge in [-0.1, -0.05) is 291 Å². The van der Waals surface area contributed by atoms with Gasteiger partial charge in [0.25, 0.3) is 6.71 Å². The van der Waals surface area contributed by atoms with E-state index in [4.69, 9.17) is 9.97 Å². The third-order valence-electron chi connectivity index (χ3n) is 19.1. The molecular formula is C88H58BN5. The van der Waals surface area contributed by atoms with Crippen molar-refractivity contribution in [1.82, 2.24) is 14.5 Å². The number of para-hydroxylation sites is 4. The van der Waals surface area contributed by atoms with Crippen LogP contribution in [0.4, 0.5) is 34.1 Å². The number of anilines is 6. The number of hydrogen-bond donors (Lipinski definition) is 0. The summed E-state index contributed by atoms with van der Waals surface area (Å²) in [6.45, 7) is -0.247. The Bertz CT molecular complexity index is 5070. The van der Waals surface area contributed by atoms with Gasteiger partial charge < -0.3 is 14.4 Å². The Morgan fingerprint density at radius 3 is 0.926 bits per heavy atom. The van der Waals surface area contributed by atoms with Crippen molar-refractivity contribution in [3.05, 3.63) is 352 Å². The molecule has 94 heavy (non-hydrogen) atoms. The molecule has 0 radical (unpaired) electrons. The Hall–Kier alpha value is -12.4. The van der Waals surface area contributed by atoms with E-state index in [0.717, 1.165) is 140 Å². The predicted molar refractivity (Wildman–Crippen MR) is 394 cm³/mol. The molecule has 18 rings (SSSR count). The highest BCUT2D eigenvalue weighted by molar-refractivity contribution is 7.00. The number of hydrogen-bond acceptors (Lipinski definition) is 4. The van der Waals surface area contributed by atoms with Crippen molar-refractivity contribution in [2.24, 2.45) is 0 Å². The first-order valence-electron chi connectivity index (χ1n) is 32.2. The molecular weight excluding hydrogens is 1140 g/mol. The monoisotopic (exact) mass is 1200 g/mol. The van der Waals surface area contributed by atoms with Gasteiger partial charge in [-0.3, -0.25) is 9.97 Å². The van der Waals surface area contributed by atoms with Crippen LogP contribution in [0.15, 0.2) is 352 Å². The van der Waals surface area contributed by atoms with Gasteiger partial charge in [0.15, 0.2) is 0 Å². The Morgan fingerprint density at radius 2 is 0.574 bits per heavy atom. The first kappa shape index (κ1) is 54.5. The van der Waals surface area contributed by atoms with Gasteiger partial charge in [0, 0.05) is 90.4 Å². The summed E-state index contributed by atoms with van der Waals surface area (Å²) in [5, 5.41) is 2.39. The van der Waals surface area contributed by atoms with Crippen LogP contribution in [-0.4, -0.2) is 21.2 Å². The van der Waals surface area contributed by atoms with Crippen molar-refractivity contribution < 1.29 is 0 Å². The quantitative estimate of drug-likeness (QED) is 0.121. The molecule has 0 atom stereocenters. The van der Waals surface area contributed by atoms with E-state index in [2.05, 4.69) is 354 Å². The second-order valence-electron chi connectivity index (χ2n) is 24.4. The van der Waals surface area contributed by atoms with E-state index >= 15 is 0 Å². The molecule has 0 saturated heterocycles. The summed E-state index contributed by atoms with van der Waals surface area (Å²) >= 11 is 0. The standard InChI is InChI=1S/C88H58BN5/c1-7-25-59(26-8-1)70-39-23-40-71(60-27-9-2-10-28-60)87(70)93-82-53-65(67-47-51-78(90-57-67)63-33-15-5-16-34-63)45-49-76(82)89-77-50-46-66(68-48-52-79(91-58-68)64-35-17-6-18-36-64)54-83(77)94(88-72(61-29-11-3-12-30-61)41-24-42-73(88)62-31-13-4-14-32-62)85-56-69(55-84(93)86(85)89)92-80-43-21-19-37-74(80)75-38-20-22-44-81(75)92/h1-58H. The zero-order chi connectivity index (χ0) is 62.1. The van der Waals surface area contributed by atoms with Crippen molar-refractivity contribution in [3.8, 4) is 95.0 Å². The summed E-state index contributed by atoms with van der Waals surface area (Å²) in [4.78, 5) is 15.6. The van der Waals surface area contributed by atoms with Gasteiger partial charge in [-0.15, -0.1) is 0 Å². The Labute approximate surface area is 547 Å². The molecule has 5 nitrogen and oxygen atoms in total. The van der Waals surface area contributed by atoms with E-state index in [0.29, 0.717) is 0 Å². The lowest BCUT2D eigenvalue weighted by molar-refractivity contribution is 1.16. The summed E-state index contributed by atoms with van der Waals surface area (Å²) in [6.07, 6.45) is 4.09. The van der Waals surface area contributed by atoms with Crippen LogP contribution in [0.5, 0.6) is 0 Å². The Morgan fingerprint density at radius 1 is 0.245 bits per heavy atom. The van der Waals surface area contributed by atoms with E-state index in [-0.39, 0.29) is 6.71 Å². The maximum absolute atomic E-state index is 5.15. The Kier molecular flexibility index (Phi) is 13.3. The molecule has 3 aromatic heterocycles. The lowest BCUT2D eigenvalue weighted by Crippen LogP contribution is -2.61. The molecule has 13 aromatic carbocycles. The molecule has 0 unspecified atom stereocenters. The normalized spacial score (nSPS) is 12.2. The van der Waals surface area contributed by atoms with Crippen LogP contribution >= 0.6 is 0 Å². The summed E-state index contributed by atoms with van der Waals surface area (Å²) in [7, 11) is 0. The van der Waals surface area contributed by atoms with Crippen molar-refractivity contribution in [1.29, 1.82) is 0 Å². The highest BCUT2D eigenvalue weighted by Gasteiger charge is 2.46. The van der Waals surface area contributed by atoms with Crippen LogP contribution in [0, 0.1) is 0 Å². The van der Waals surface area contributed by atoms with Crippen LogP contribution in [-0.2, 0) is 0 Å². The summed E-state index contributed by atoms with van der Waals surface area (Å²) < 4.78 is 2.51. The first-order valence-corrected chi connectivity index (χ1v) is 32.2. The molecule has 0 spiro atoms. The van der Waals surface area contributed by atoms with Gasteiger partial charge in [-0.05, 0) is 98.3 Å². The molecule has 0 aliphatic carbocycles. The van der Waals surface area contributed by atoms with Gasteiger partial charge >= 0.3 is 0 Å². The van der Waals surface area contributed by atoms with E-state index in [1.54, 1.807) is 0 Å². The van der Waals surface area contributed by atoms with Gasteiger partial charge in [0.2, 0.25) is 0 Å². The summed E-state index contributed by atoms with van der Waals surface area (Å²) in [5.41, 5.74) is 30.6. The Balaban J connectivity index is 0.998. The van der Waals surface area contributed by atoms with Crippen LogP contribution < -0.4 is 26.2 Å². The molecule has 0 saturated carbocycles. The van der Waals surface area contributed by atoms with Crippen molar-refractivity contribution in [2.45, 2.75) is 0 Å². The molecule has 2 aliphatic heterocycles. The number of benzene rings is 13. The van der Waals surface area contributed by atoms with Gasteiger partial charge in [-0.2, -0.15) is 0 Å². The van der Waals surface area contributed by atoms with Crippen molar-refractivity contribution >= 4 is 79.0 Å². The van der Waals surface area contributed by atoms with E-state index in [9.17, 15) is 0 Å². The first-order chi connectivity index (χ1) is 46.7. The van der Waals surface area contributed by atoms with Crippen molar-refractivity contribution in [2.75, 3.05) is 9.80 Å². The average molecular weight is 1200 g/mol. The summed E-state index contributed by atoms with van der Waals surface area (Å²) in [5.74, 6) is 0. The van der Waals surface area contributed by atoms with E-state index in [1.165, 1.54) is 27.2 Å². The van der Waals surface area contributed by atoms with Crippen molar-refractivity contribution in [3.63, 3.8) is 0 Å². The third-order valence-corrected chi connectivity index (χ3v) is 19.1. The van der Waals surface area contributed by atoms with E-state index in [1.807, 2.05) is 12.4 Å². The maximum Gasteiger partial charge on any atom is 0.252 e. The lowest BCUT2D eigenvalue weighted by Gasteiger charge is -2.46. The van der Waals surface area contributed by atoms with Crippen LogP contribution in [0.25, 0.3) is 117 Å². The van der Waals surface area contributed by atoms with Crippen LogP contribution in [0.3, 0.4) is 0 Å².